The highest BCUT2D eigenvalue weighted by molar-refractivity contribution is 5.82. The van der Waals surface area contributed by atoms with Crippen LogP contribution in [0, 0.1) is 5.41 Å². The van der Waals surface area contributed by atoms with Gasteiger partial charge in [0.1, 0.15) is 18.0 Å². The Morgan fingerprint density at radius 2 is 2.06 bits per heavy atom. The molecule has 2 aromatic heterocycles. The number of alkyl halides is 2. The van der Waals surface area contributed by atoms with Crippen LogP contribution in [0.2, 0.25) is 0 Å². The predicted octanol–water partition coefficient (Wildman–Crippen LogP) is 3.95. The van der Waals surface area contributed by atoms with Crippen molar-refractivity contribution in [2.24, 2.45) is 5.41 Å². The van der Waals surface area contributed by atoms with E-state index in [4.69, 9.17) is 14.6 Å². The van der Waals surface area contributed by atoms with Gasteiger partial charge in [0.25, 0.3) is 0 Å². The number of benzene rings is 1. The SMILES string of the molecule is CCC(F)(F)Oc1cccc(-c2nnc3c4c(c(NC5CC6(CCNCC6)C5)nn23)N(C)CCO4)c1. The summed E-state index contributed by atoms with van der Waals surface area (Å²) in [7, 11) is 2.02. The molecule has 1 aliphatic carbocycles. The second-order valence-corrected chi connectivity index (χ2v) is 10.2. The number of aromatic nitrogens is 4. The average molecular weight is 500 g/mol. The Kier molecular flexibility index (Phi) is 5.62. The maximum absolute atomic E-state index is 13.8. The van der Waals surface area contributed by atoms with Gasteiger partial charge in [0.2, 0.25) is 5.65 Å². The average Bonchev–Trinajstić information content (AvgIpc) is 3.28. The minimum absolute atomic E-state index is 0.0603. The van der Waals surface area contributed by atoms with E-state index in [2.05, 4.69) is 25.7 Å². The summed E-state index contributed by atoms with van der Waals surface area (Å²) in [6.07, 6.45) is 1.000. The number of halogens is 2. The van der Waals surface area contributed by atoms with Crippen LogP contribution in [0.25, 0.3) is 17.0 Å². The Hall–Kier alpha value is -3.21. The van der Waals surface area contributed by atoms with Crippen LogP contribution in [0.1, 0.15) is 39.0 Å². The van der Waals surface area contributed by atoms with Gasteiger partial charge < -0.3 is 25.0 Å². The van der Waals surface area contributed by atoms with E-state index in [0.29, 0.717) is 40.8 Å². The molecule has 6 rings (SSSR count). The minimum Gasteiger partial charge on any atom is -0.486 e. The number of piperidine rings is 1. The highest BCUT2D eigenvalue weighted by atomic mass is 19.3. The smallest absolute Gasteiger partial charge is 0.397 e. The zero-order valence-electron chi connectivity index (χ0n) is 20.6. The van der Waals surface area contributed by atoms with Crippen molar-refractivity contribution in [3.63, 3.8) is 0 Å². The van der Waals surface area contributed by atoms with E-state index >= 15 is 0 Å². The number of nitrogens with one attached hydrogen (secondary N) is 2. The molecule has 9 nitrogen and oxygen atoms in total. The van der Waals surface area contributed by atoms with Crippen molar-refractivity contribution in [3.05, 3.63) is 24.3 Å². The van der Waals surface area contributed by atoms with Gasteiger partial charge in [-0.05, 0) is 56.3 Å². The fraction of sp³-hybridized carbons (Fsp3) is 0.560. The molecule has 0 radical (unpaired) electrons. The third-order valence-corrected chi connectivity index (χ3v) is 7.67. The highest BCUT2D eigenvalue weighted by Gasteiger charge is 2.45. The van der Waals surface area contributed by atoms with Crippen molar-refractivity contribution >= 4 is 17.2 Å². The summed E-state index contributed by atoms with van der Waals surface area (Å²) in [4.78, 5) is 2.13. The van der Waals surface area contributed by atoms with Crippen molar-refractivity contribution in [1.82, 2.24) is 25.1 Å². The molecule has 1 saturated carbocycles. The maximum Gasteiger partial charge on any atom is 0.397 e. The fourth-order valence-electron chi connectivity index (χ4n) is 5.63. The van der Waals surface area contributed by atoms with E-state index in [1.54, 1.807) is 16.6 Å². The summed E-state index contributed by atoms with van der Waals surface area (Å²) < 4.78 is 40.3. The van der Waals surface area contributed by atoms with Gasteiger partial charge in [-0.15, -0.1) is 15.3 Å². The monoisotopic (exact) mass is 499 g/mol. The van der Waals surface area contributed by atoms with Crippen molar-refractivity contribution in [2.75, 3.05) is 43.5 Å². The van der Waals surface area contributed by atoms with Gasteiger partial charge in [0.05, 0.1) is 6.54 Å². The van der Waals surface area contributed by atoms with E-state index in [9.17, 15) is 8.78 Å². The Bertz CT molecular complexity index is 1270. The van der Waals surface area contributed by atoms with E-state index in [0.717, 1.165) is 44.0 Å². The number of hydrogen-bond donors (Lipinski definition) is 2. The first kappa shape index (κ1) is 23.2. The number of rotatable bonds is 6. The van der Waals surface area contributed by atoms with Crippen molar-refractivity contribution in [1.29, 1.82) is 0 Å². The maximum atomic E-state index is 13.8. The molecular formula is C25H31F2N7O2. The molecule has 1 aromatic carbocycles. The first-order valence-electron chi connectivity index (χ1n) is 12.6. The van der Waals surface area contributed by atoms with E-state index in [-0.39, 0.29) is 5.75 Å². The molecule has 0 bridgehead atoms. The molecule has 192 valence electrons. The standard InChI is InChI=1S/C25H31F2N7O2/c1-3-25(26,27)36-18-6-4-5-16(13-18)22-30-31-23-20-19(33(2)11-12-35-20)21(32-34(22)23)29-17-14-24(15-17)7-9-28-10-8-24/h4-6,13,17,28H,3,7-12,14-15H2,1-2H3,(H,29,32). The van der Waals surface area contributed by atoms with Gasteiger partial charge in [-0.25, -0.2) is 0 Å². The van der Waals surface area contributed by atoms with Crippen LogP contribution >= 0.6 is 0 Å². The third kappa shape index (κ3) is 4.08. The summed E-state index contributed by atoms with van der Waals surface area (Å²) >= 11 is 0. The quantitative estimate of drug-likeness (QED) is 0.527. The van der Waals surface area contributed by atoms with Gasteiger partial charge in [0.15, 0.2) is 17.4 Å². The largest absolute Gasteiger partial charge is 0.486 e. The molecule has 0 unspecified atom stereocenters. The molecule has 3 aromatic rings. The Morgan fingerprint density at radius 3 is 2.83 bits per heavy atom. The number of likely N-dealkylation sites (N-methyl/N-ethyl adjacent to an activating group) is 1. The highest BCUT2D eigenvalue weighted by Crippen LogP contribution is 2.50. The molecule has 1 spiro atoms. The molecular weight excluding hydrogens is 468 g/mol. The zero-order valence-corrected chi connectivity index (χ0v) is 20.6. The summed E-state index contributed by atoms with van der Waals surface area (Å²) in [5, 5.41) is 20.7. The number of fused-ring (bicyclic) bond motifs is 3. The lowest BCUT2D eigenvalue weighted by Gasteiger charge is -2.50. The first-order chi connectivity index (χ1) is 17.4. The Morgan fingerprint density at radius 1 is 1.25 bits per heavy atom. The van der Waals surface area contributed by atoms with Crippen molar-refractivity contribution < 1.29 is 18.3 Å². The van der Waals surface area contributed by atoms with Crippen molar-refractivity contribution in [3.8, 4) is 22.9 Å². The normalized spacial score (nSPS) is 19.6. The third-order valence-electron chi connectivity index (χ3n) is 7.67. The van der Waals surface area contributed by atoms with E-state index in [1.807, 2.05) is 7.05 Å². The lowest BCUT2D eigenvalue weighted by Crippen LogP contribution is -2.50. The van der Waals surface area contributed by atoms with Crippen LogP contribution in [0.3, 0.4) is 0 Å². The predicted molar refractivity (Wildman–Crippen MR) is 132 cm³/mol. The van der Waals surface area contributed by atoms with E-state index in [1.165, 1.54) is 31.9 Å². The summed E-state index contributed by atoms with van der Waals surface area (Å²) in [5.74, 6) is 1.84. The lowest BCUT2D eigenvalue weighted by atomic mass is 9.60. The number of anilines is 2. The van der Waals surface area contributed by atoms with Crippen LogP contribution in [0.4, 0.5) is 20.3 Å². The van der Waals surface area contributed by atoms with Crippen LogP contribution < -0.4 is 25.0 Å². The minimum atomic E-state index is -3.24. The van der Waals surface area contributed by atoms with Crippen molar-refractivity contribution in [2.45, 2.75) is 51.2 Å². The molecule has 0 amide bonds. The van der Waals surface area contributed by atoms with Crippen LogP contribution in [0.15, 0.2) is 24.3 Å². The summed E-state index contributed by atoms with van der Waals surface area (Å²) in [5.41, 5.74) is 2.37. The topological polar surface area (TPSA) is 88.8 Å². The molecule has 3 aliphatic rings. The van der Waals surface area contributed by atoms with Gasteiger partial charge in [-0.2, -0.15) is 13.3 Å². The Labute approximate surface area is 208 Å². The second-order valence-electron chi connectivity index (χ2n) is 10.2. The summed E-state index contributed by atoms with van der Waals surface area (Å²) in [6.45, 7) is 4.81. The first-order valence-corrected chi connectivity index (χ1v) is 12.6. The molecule has 2 N–H and O–H groups in total. The van der Waals surface area contributed by atoms with Crippen LogP contribution in [0.5, 0.6) is 11.5 Å². The molecule has 2 aliphatic heterocycles. The molecule has 2 fully saturated rings. The van der Waals surface area contributed by atoms with Gasteiger partial charge in [0, 0.05) is 25.1 Å². The summed E-state index contributed by atoms with van der Waals surface area (Å²) in [6, 6.07) is 6.81. The molecule has 4 heterocycles. The number of ether oxygens (including phenoxy) is 2. The molecule has 1 saturated heterocycles. The van der Waals surface area contributed by atoms with Crippen LogP contribution in [-0.2, 0) is 0 Å². The fourth-order valence-corrected chi connectivity index (χ4v) is 5.63. The van der Waals surface area contributed by atoms with Gasteiger partial charge in [-0.1, -0.05) is 19.1 Å². The number of nitrogens with zero attached hydrogens (tertiary/aromatic N) is 5. The Balaban J connectivity index is 1.36. The molecule has 36 heavy (non-hydrogen) atoms. The number of hydrogen-bond acceptors (Lipinski definition) is 8. The van der Waals surface area contributed by atoms with Gasteiger partial charge >= 0.3 is 6.11 Å². The van der Waals surface area contributed by atoms with Crippen LogP contribution in [-0.4, -0.2) is 65.3 Å². The second kappa shape index (κ2) is 8.72. The lowest BCUT2D eigenvalue weighted by molar-refractivity contribution is -0.177. The van der Waals surface area contributed by atoms with E-state index < -0.39 is 12.5 Å². The molecule has 11 heteroatoms. The van der Waals surface area contributed by atoms with Gasteiger partial charge in [-0.3, -0.25) is 0 Å². The molecule has 0 atom stereocenters. The zero-order chi connectivity index (χ0) is 24.9.